The van der Waals surface area contributed by atoms with E-state index >= 15 is 0 Å². The third-order valence-electron chi connectivity index (χ3n) is 2.96. The van der Waals surface area contributed by atoms with Gasteiger partial charge in [0.2, 0.25) is 0 Å². The van der Waals surface area contributed by atoms with Gasteiger partial charge in [0, 0.05) is 4.91 Å². The summed E-state index contributed by atoms with van der Waals surface area (Å²) in [7, 11) is 0. The van der Waals surface area contributed by atoms with E-state index in [1.165, 1.54) is 6.08 Å². The van der Waals surface area contributed by atoms with Crippen molar-refractivity contribution >= 4 is 12.0 Å². The molecule has 0 N–H and O–H groups in total. The summed E-state index contributed by atoms with van der Waals surface area (Å²) in [6.07, 6.45) is 1.51. The first-order valence-corrected chi connectivity index (χ1v) is 6.84. The van der Waals surface area contributed by atoms with Gasteiger partial charge in [-0.2, -0.15) is 0 Å². The molecule has 2 rings (SSSR count). The molecule has 0 spiro atoms. The smallest absolute Gasteiger partial charge is 0.340 e. The van der Waals surface area contributed by atoms with E-state index in [0.29, 0.717) is 0 Å². The predicted molar refractivity (Wildman–Crippen MR) is 85.6 cm³/mol. The van der Waals surface area contributed by atoms with Gasteiger partial charge in [-0.3, -0.25) is 0 Å². The quantitative estimate of drug-likeness (QED) is 0.266. The van der Waals surface area contributed by atoms with Gasteiger partial charge >= 0.3 is 5.97 Å². The van der Waals surface area contributed by atoms with Crippen molar-refractivity contribution in [2.45, 2.75) is 6.92 Å². The fourth-order valence-corrected chi connectivity index (χ4v) is 1.94. The average molecular weight is 293 g/mol. The Morgan fingerprint density at radius 3 is 2.36 bits per heavy atom. The Balaban J connectivity index is 2.27. The van der Waals surface area contributed by atoms with E-state index in [4.69, 9.17) is 10.3 Å². The summed E-state index contributed by atoms with van der Waals surface area (Å²) >= 11 is 0. The number of hydrogen-bond acceptors (Lipinski definition) is 3. The van der Waals surface area contributed by atoms with Crippen LogP contribution in [0.2, 0.25) is 0 Å². The Bertz CT molecular complexity index is 715. The second kappa shape index (κ2) is 7.67. The van der Waals surface area contributed by atoms with Crippen molar-refractivity contribution in [3.05, 3.63) is 76.3 Å². The minimum absolute atomic E-state index is 0.0585. The summed E-state index contributed by atoms with van der Waals surface area (Å²) in [5.74, 6) is -0.632. The fourth-order valence-electron chi connectivity index (χ4n) is 1.94. The van der Waals surface area contributed by atoms with E-state index in [2.05, 4.69) is 10.0 Å². The molecule has 0 saturated heterocycles. The van der Waals surface area contributed by atoms with Gasteiger partial charge in [0.05, 0.1) is 6.61 Å². The second-order valence-corrected chi connectivity index (χ2v) is 4.43. The van der Waals surface area contributed by atoms with Crippen LogP contribution in [-0.2, 0) is 9.53 Å². The van der Waals surface area contributed by atoms with Crippen molar-refractivity contribution in [1.82, 2.24) is 0 Å². The van der Waals surface area contributed by atoms with Crippen molar-refractivity contribution in [3.63, 3.8) is 0 Å². The Morgan fingerprint density at radius 1 is 1.14 bits per heavy atom. The number of esters is 1. The first-order chi connectivity index (χ1) is 10.7. The first kappa shape index (κ1) is 15.4. The van der Waals surface area contributed by atoms with E-state index in [1.54, 1.807) is 6.92 Å². The van der Waals surface area contributed by atoms with Gasteiger partial charge in [0.15, 0.2) is 0 Å². The summed E-state index contributed by atoms with van der Waals surface area (Å²) in [5, 5.41) is 3.39. The summed E-state index contributed by atoms with van der Waals surface area (Å²) in [4.78, 5) is 14.3. The van der Waals surface area contributed by atoms with Gasteiger partial charge in [-0.1, -0.05) is 59.7 Å². The van der Waals surface area contributed by atoms with Gasteiger partial charge in [0.1, 0.15) is 5.70 Å². The molecule has 110 valence electrons. The monoisotopic (exact) mass is 293 g/mol. The zero-order valence-corrected chi connectivity index (χ0v) is 12.1. The summed E-state index contributed by atoms with van der Waals surface area (Å²) < 4.78 is 4.85. The van der Waals surface area contributed by atoms with E-state index in [9.17, 15) is 4.79 Å². The lowest BCUT2D eigenvalue weighted by Gasteiger charge is -2.03. The zero-order chi connectivity index (χ0) is 15.8. The molecule has 0 bridgehead atoms. The largest absolute Gasteiger partial charge is 0.462 e. The van der Waals surface area contributed by atoms with Gasteiger partial charge in [-0.05, 0) is 35.2 Å². The Labute approximate surface area is 128 Å². The molecule has 0 unspecified atom stereocenters. The fraction of sp³-hybridized carbons (Fsp3) is 0.118. The van der Waals surface area contributed by atoms with E-state index in [-0.39, 0.29) is 12.3 Å². The van der Waals surface area contributed by atoms with Crippen molar-refractivity contribution in [1.29, 1.82) is 0 Å². The molecule has 0 aromatic heterocycles. The number of benzene rings is 2. The van der Waals surface area contributed by atoms with Crippen LogP contribution in [0.4, 0.5) is 0 Å². The molecule has 0 saturated carbocycles. The lowest BCUT2D eigenvalue weighted by molar-refractivity contribution is -0.138. The number of azide groups is 1. The predicted octanol–water partition coefficient (Wildman–Crippen LogP) is 4.57. The summed E-state index contributed by atoms with van der Waals surface area (Å²) in [6.45, 7) is 1.92. The highest BCUT2D eigenvalue weighted by Gasteiger charge is 2.08. The highest BCUT2D eigenvalue weighted by molar-refractivity contribution is 5.93. The van der Waals surface area contributed by atoms with Gasteiger partial charge in [-0.25, -0.2) is 4.79 Å². The Hall–Kier alpha value is -3.04. The molecule has 22 heavy (non-hydrogen) atoms. The molecule has 2 aromatic carbocycles. The number of ether oxygens (including phenoxy) is 1. The molecule has 0 heterocycles. The highest BCUT2D eigenvalue weighted by atomic mass is 16.5. The van der Waals surface area contributed by atoms with Crippen LogP contribution in [0.15, 0.2) is 65.4 Å². The number of rotatable bonds is 5. The van der Waals surface area contributed by atoms with Gasteiger partial charge in [-0.15, -0.1) is 0 Å². The third kappa shape index (κ3) is 3.98. The van der Waals surface area contributed by atoms with Crippen molar-refractivity contribution < 1.29 is 9.53 Å². The maximum atomic E-state index is 11.7. The second-order valence-electron chi connectivity index (χ2n) is 4.43. The standard InChI is InChI=1S/C17H15N3O2/c1-2-22-17(21)16(19-20-18)12-13-8-10-15(11-9-13)14-6-4-3-5-7-14/h3-12H,2H2,1H3/b16-12-. The summed E-state index contributed by atoms with van der Waals surface area (Å²) in [5.41, 5.74) is 11.4. The molecule has 0 aliphatic heterocycles. The van der Waals surface area contributed by atoms with Crippen LogP contribution in [0.3, 0.4) is 0 Å². The molecule has 2 aromatic rings. The molecule has 0 radical (unpaired) electrons. The lowest BCUT2D eigenvalue weighted by atomic mass is 10.0. The Kier molecular flexibility index (Phi) is 5.35. The number of carbonyl (C=O) groups is 1. The molecule has 5 nitrogen and oxygen atoms in total. The minimum Gasteiger partial charge on any atom is -0.462 e. The highest BCUT2D eigenvalue weighted by Crippen LogP contribution is 2.20. The SMILES string of the molecule is CCOC(=O)/C(=C/c1ccc(-c2ccccc2)cc1)N=[N+]=[N-]. The van der Waals surface area contributed by atoms with Crippen LogP contribution in [0.1, 0.15) is 12.5 Å². The first-order valence-electron chi connectivity index (χ1n) is 6.84. The van der Waals surface area contributed by atoms with Crippen LogP contribution in [-0.4, -0.2) is 12.6 Å². The van der Waals surface area contributed by atoms with Crippen LogP contribution in [0.5, 0.6) is 0 Å². The van der Waals surface area contributed by atoms with Crippen molar-refractivity contribution in [2.24, 2.45) is 5.11 Å². The van der Waals surface area contributed by atoms with E-state index in [1.807, 2.05) is 54.6 Å². The van der Waals surface area contributed by atoms with Crippen LogP contribution < -0.4 is 0 Å². The molecule has 5 heteroatoms. The molecule has 0 aliphatic carbocycles. The van der Waals surface area contributed by atoms with Crippen LogP contribution in [0, 0.1) is 0 Å². The van der Waals surface area contributed by atoms with E-state index in [0.717, 1.165) is 16.7 Å². The lowest BCUT2D eigenvalue weighted by Crippen LogP contribution is -2.05. The maximum Gasteiger partial charge on any atom is 0.340 e. The molecular formula is C17H15N3O2. The average Bonchev–Trinajstić information content (AvgIpc) is 2.56. The van der Waals surface area contributed by atoms with Crippen LogP contribution in [0.25, 0.3) is 27.6 Å². The van der Waals surface area contributed by atoms with Gasteiger partial charge in [0.25, 0.3) is 0 Å². The molecule has 0 atom stereocenters. The number of carbonyl (C=O) groups excluding carboxylic acids is 1. The number of hydrogen-bond donors (Lipinski definition) is 0. The Morgan fingerprint density at radius 2 is 1.77 bits per heavy atom. The molecular weight excluding hydrogens is 278 g/mol. The maximum absolute atomic E-state index is 11.7. The molecule has 0 amide bonds. The summed E-state index contributed by atoms with van der Waals surface area (Å²) in [6, 6.07) is 17.6. The molecule has 0 fully saturated rings. The van der Waals surface area contributed by atoms with Crippen molar-refractivity contribution in [3.8, 4) is 11.1 Å². The van der Waals surface area contributed by atoms with Crippen LogP contribution >= 0.6 is 0 Å². The molecule has 0 aliphatic rings. The van der Waals surface area contributed by atoms with E-state index < -0.39 is 5.97 Å². The third-order valence-corrected chi connectivity index (χ3v) is 2.96. The topological polar surface area (TPSA) is 75.1 Å². The minimum atomic E-state index is -0.632. The van der Waals surface area contributed by atoms with Crippen molar-refractivity contribution in [2.75, 3.05) is 6.61 Å². The normalized spacial score (nSPS) is 10.7. The number of nitrogens with zero attached hydrogens (tertiary/aromatic N) is 3. The van der Waals surface area contributed by atoms with Gasteiger partial charge < -0.3 is 4.74 Å². The zero-order valence-electron chi connectivity index (χ0n) is 12.1.